The highest BCUT2D eigenvalue weighted by Gasteiger charge is 2.26. The van der Waals surface area contributed by atoms with Gasteiger partial charge in [-0.1, -0.05) is 0 Å². The van der Waals surface area contributed by atoms with Crippen LogP contribution in [-0.4, -0.2) is 38.9 Å². The fraction of sp³-hybridized carbons (Fsp3) is 0.364. The van der Waals surface area contributed by atoms with E-state index in [1.54, 1.807) is 29.3 Å². The minimum absolute atomic E-state index is 0.0298. The molecule has 1 aliphatic heterocycles. The van der Waals surface area contributed by atoms with Crippen molar-refractivity contribution in [2.45, 2.75) is 31.1 Å². The van der Waals surface area contributed by atoms with Gasteiger partial charge in [0, 0.05) is 18.7 Å². The van der Waals surface area contributed by atoms with Crippen LogP contribution in [-0.2, 0) is 10.0 Å². The topological polar surface area (TPSA) is 99.5 Å². The Morgan fingerprint density at radius 3 is 2.53 bits per heavy atom. The second-order valence-corrected chi connectivity index (χ2v) is 9.06. The van der Waals surface area contributed by atoms with Gasteiger partial charge in [0.1, 0.15) is 5.75 Å². The number of ether oxygens (including phenoxy) is 1. The number of sulfonamides is 1. The van der Waals surface area contributed by atoms with Crippen molar-refractivity contribution in [2.24, 2.45) is 5.92 Å². The van der Waals surface area contributed by atoms with Crippen LogP contribution < -0.4 is 9.57 Å². The Balaban J connectivity index is 1.40. The van der Waals surface area contributed by atoms with Crippen LogP contribution >= 0.6 is 0 Å². The molecule has 2 aromatic rings. The number of carbonyl (C=O) groups excluding carboxylic acids is 1. The summed E-state index contributed by atoms with van der Waals surface area (Å²) in [7, 11) is -3.65. The molecule has 1 fully saturated rings. The third kappa shape index (κ3) is 5.89. The van der Waals surface area contributed by atoms with E-state index in [1.807, 2.05) is 6.07 Å². The first-order valence-corrected chi connectivity index (χ1v) is 11.4. The highest BCUT2D eigenvalue weighted by Crippen LogP contribution is 2.21. The highest BCUT2D eigenvalue weighted by atomic mass is 32.2. The van der Waals surface area contributed by atoms with Crippen molar-refractivity contribution < 1.29 is 17.9 Å². The molecule has 8 heteroatoms. The molecule has 1 atom stereocenters. The zero-order chi connectivity index (χ0) is 21.6. The number of ketones is 1. The van der Waals surface area contributed by atoms with Crippen molar-refractivity contribution >= 4 is 15.8 Å². The van der Waals surface area contributed by atoms with Crippen LogP contribution in [0.1, 0.15) is 42.1 Å². The molecule has 1 heterocycles. The maximum Gasteiger partial charge on any atom is 0.253 e. The molecule has 7 nitrogen and oxygen atoms in total. The van der Waals surface area contributed by atoms with E-state index < -0.39 is 10.0 Å². The van der Waals surface area contributed by atoms with E-state index in [4.69, 9.17) is 10.00 Å². The van der Waals surface area contributed by atoms with Crippen molar-refractivity contribution in [3.63, 3.8) is 0 Å². The summed E-state index contributed by atoms with van der Waals surface area (Å²) >= 11 is 0. The Kier molecular flexibility index (Phi) is 7.21. The lowest BCUT2D eigenvalue weighted by molar-refractivity contribution is 0.101. The van der Waals surface area contributed by atoms with Crippen LogP contribution in [0.4, 0.5) is 0 Å². The summed E-state index contributed by atoms with van der Waals surface area (Å²) in [6.45, 7) is 3.43. The summed E-state index contributed by atoms with van der Waals surface area (Å²) in [5.74, 6) is 1.17. The maximum atomic E-state index is 12.5. The predicted octanol–water partition coefficient (Wildman–Crippen LogP) is 3.14. The van der Waals surface area contributed by atoms with Gasteiger partial charge < -0.3 is 4.74 Å². The Bertz CT molecular complexity index is 1010. The number of rotatable bonds is 9. The van der Waals surface area contributed by atoms with E-state index in [-0.39, 0.29) is 10.7 Å². The molecule has 0 aromatic heterocycles. The molecule has 2 aromatic carbocycles. The van der Waals surface area contributed by atoms with Gasteiger partial charge in [0.25, 0.3) is 10.0 Å². The molecule has 0 saturated carbocycles. The molecular formula is C22H25N3O4S. The van der Waals surface area contributed by atoms with Gasteiger partial charge in [0.2, 0.25) is 0 Å². The minimum Gasteiger partial charge on any atom is -0.494 e. The van der Waals surface area contributed by atoms with Crippen LogP contribution in [0.15, 0.2) is 53.4 Å². The number of Topliss-reactive ketones (excluding diaryl/α,β-unsaturated/α-hetero) is 1. The molecule has 0 unspecified atom stereocenters. The van der Waals surface area contributed by atoms with Gasteiger partial charge in [0.15, 0.2) is 5.78 Å². The van der Waals surface area contributed by atoms with Crippen molar-refractivity contribution in [2.75, 3.05) is 19.7 Å². The molecule has 0 aliphatic carbocycles. The summed E-state index contributed by atoms with van der Waals surface area (Å²) in [6.07, 6.45) is 2.74. The van der Waals surface area contributed by atoms with Crippen LogP contribution in [0, 0.1) is 17.2 Å². The summed E-state index contributed by atoms with van der Waals surface area (Å²) in [6, 6.07) is 15.0. The second kappa shape index (κ2) is 9.85. The van der Waals surface area contributed by atoms with Crippen molar-refractivity contribution in [3.8, 4) is 11.8 Å². The molecule has 0 spiro atoms. The number of benzene rings is 2. The molecule has 0 bridgehead atoms. The first-order valence-electron chi connectivity index (χ1n) is 9.89. The van der Waals surface area contributed by atoms with E-state index in [0.717, 1.165) is 25.0 Å². The monoisotopic (exact) mass is 427 g/mol. The number of hydrogen-bond acceptors (Lipinski definition) is 6. The Labute approximate surface area is 177 Å². The summed E-state index contributed by atoms with van der Waals surface area (Å²) in [5, 5.41) is 10.6. The predicted molar refractivity (Wildman–Crippen MR) is 112 cm³/mol. The third-order valence-electron chi connectivity index (χ3n) is 5.12. The number of nitrogens with zero attached hydrogens (tertiary/aromatic N) is 2. The molecule has 158 valence electrons. The van der Waals surface area contributed by atoms with Crippen molar-refractivity contribution in [1.82, 2.24) is 9.84 Å². The van der Waals surface area contributed by atoms with Crippen molar-refractivity contribution in [3.05, 3.63) is 59.7 Å². The highest BCUT2D eigenvalue weighted by molar-refractivity contribution is 7.89. The van der Waals surface area contributed by atoms with Crippen molar-refractivity contribution in [1.29, 1.82) is 5.26 Å². The lowest BCUT2D eigenvalue weighted by atomic mass is 10.0. The van der Waals surface area contributed by atoms with E-state index in [2.05, 4.69) is 4.83 Å². The number of hydrogen-bond donors (Lipinski definition) is 1. The first kappa shape index (κ1) is 22.0. The summed E-state index contributed by atoms with van der Waals surface area (Å²) in [5.41, 5.74) is 1.09. The number of nitriles is 1. The summed E-state index contributed by atoms with van der Waals surface area (Å²) in [4.78, 5) is 14.1. The molecular weight excluding hydrogens is 402 g/mol. The smallest absolute Gasteiger partial charge is 0.253 e. The fourth-order valence-corrected chi connectivity index (χ4v) is 4.54. The minimum atomic E-state index is -3.65. The van der Waals surface area contributed by atoms with Gasteiger partial charge in [0.05, 0.1) is 23.1 Å². The Morgan fingerprint density at radius 1 is 1.20 bits per heavy atom. The zero-order valence-corrected chi connectivity index (χ0v) is 17.7. The van der Waals surface area contributed by atoms with Gasteiger partial charge >= 0.3 is 0 Å². The van der Waals surface area contributed by atoms with Gasteiger partial charge in [-0.3, -0.25) is 4.79 Å². The van der Waals surface area contributed by atoms with Crippen LogP contribution in [0.5, 0.6) is 5.75 Å². The molecule has 1 aliphatic rings. The first-order chi connectivity index (χ1) is 14.4. The molecule has 30 heavy (non-hydrogen) atoms. The fourth-order valence-electron chi connectivity index (χ4n) is 3.43. The van der Waals surface area contributed by atoms with Gasteiger partial charge in [-0.2, -0.15) is 5.26 Å². The maximum absolute atomic E-state index is 12.5. The number of carbonyl (C=O) groups is 1. The van der Waals surface area contributed by atoms with Gasteiger partial charge in [-0.25, -0.2) is 13.4 Å². The Morgan fingerprint density at radius 2 is 1.90 bits per heavy atom. The van der Waals surface area contributed by atoms with Gasteiger partial charge in [-0.15, -0.1) is 4.83 Å². The second-order valence-electron chi connectivity index (χ2n) is 7.40. The largest absolute Gasteiger partial charge is 0.494 e. The van der Waals surface area contributed by atoms with E-state index >= 15 is 0 Å². The Hall–Kier alpha value is -2.73. The quantitative estimate of drug-likeness (QED) is 0.488. The van der Waals surface area contributed by atoms with E-state index in [9.17, 15) is 13.2 Å². The van der Waals surface area contributed by atoms with Crippen LogP contribution in [0.2, 0.25) is 0 Å². The SMILES string of the molecule is CC(=O)c1ccc(OCCC[C@@H]2CCN(NS(=O)(=O)c3ccc(C#N)cc3)C2)cc1. The number of nitrogens with one attached hydrogen (secondary N) is 1. The van der Waals surface area contributed by atoms with Crippen LogP contribution in [0.3, 0.4) is 0 Å². The zero-order valence-electron chi connectivity index (χ0n) is 16.9. The number of hydrazine groups is 1. The molecule has 0 amide bonds. The van der Waals surface area contributed by atoms with E-state index in [0.29, 0.717) is 36.7 Å². The average Bonchev–Trinajstić information content (AvgIpc) is 3.18. The standard InChI is InChI=1S/C22H25N3O4S/c1-17(26)20-6-8-21(9-7-20)29-14-2-3-19-12-13-25(16-19)24-30(27,28)22-10-4-18(15-23)5-11-22/h4-11,19,24H,2-3,12-14,16H2,1H3/t19-/m1/s1. The van der Waals surface area contributed by atoms with Gasteiger partial charge in [-0.05, 0) is 80.6 Å². The van der Waals surface area contributed by atoms with Crippen LogP contribution in [0.25, 0.3) is 0 Å². The van der Waals surface area contributed by atoms with E-state index in [1.165, 1.54) is 31.2 Å². The summed E-state index contributed by atoms with van der Waals surface area (Å²) < 4.78 is 30.7. The lowest BCUT2D eigenvalue weighted by Gasteiger charge is -2.17. The lowest BCUT2D eigenvalue weighted by Crippen LogP contribution is -2.40. The molecule has 3 rings (SSSR count). The molecule has 1 N–H and O–H groups in total. The third-order valence-corrected chi connectivity index (χ3v) is 6.51. The average molecular weight is 428 g/mol. The molecule has 0 radical (unpaired) electrons. The molecule has 1 saturated heterocycles. The normalized spacial score (nSPS) is 16.9.